The Morgan fingerprint density at radius 1 is 1.31 bits per heavy atom. The van der Waals surface area contributed by atoms with E-state index in [2.05, 4.69) is 0 Å². The van der Waals surface area contributed by atoms with Gasteiger partial charge in [0, 0.05) is 0 Å². The third-order valence-corrected chi connectivity index (χ3v) is 2.27. The van der Waals surface area contributed by atoms with Gasteiger partial charge in [0.2, 0.25) is 0 Å². The summed E-state index contributed by atoms with van der Waals surface area (Å²) in [5.74, 6) is -0.910. The number of hydrogen-bond donors (Lipinski definition) is 3. The van der Waals surface area contributed by atoms with Crippen LogP contribution in [0, 0.1) is 5.92 Å². The lowest BCUT2D eigenvalue weighted by Crippen LogP contribution is -2.33. The first-order valence-electron chi connectivity index (χ1n) is 4.58. The zero-order valence-electron chi connectivity index (χ0n) is 8.10. The second kappa shape index (κ2) is 5.94. The summed E-state index contributed by atoms with van der Waals surface area (Å²) in [6, 6.07) is 0. The smallest absolute Gasteiger partial charge is 0.335 e. The van der Waals surface area contributed by atoms with Crippen molar-refractivity contribution in [2.24, 2.45) is 5.92 Å². The summed E-state index contributed by atoms with van der Waals surface area (Å²) < 4.78 is 0. The van der Waals surface area contributed by atoms with Crippen LogP contribution in [0.1, 0.15) is 33.1 Å². The van der Waals surface area contributed by atoms with Crippen LogP contribution < -0.4 is 0 Å². The molecule has 0 aromatic rings. The maximum Gasteiger partial charge on any atom is 0.335 e. The van der Waals surface area contributed by atoms with E-state index in [9.17, 15) is 9.90 Å². The molecule has 0 spiro atoms. The standard InChI is InChI=1S/C9H18O4/c1-3-6(2)4-5-7(10)8(11)9(12)13/h6-8,10-11H,3-5H2,1-2H3,(H,12,13). The second-order valence-electron chi connectivity index (χ2n) is 3.44. The van der Waals surface area contributed by atoms with Gasteiger partial charge in [0.25, 0.3) is 0 Å². The van der Waals surface area contributed by atoms with E-state index < -0.39 is 18.2 Å². The van der Waals surface area contributed by atoms with Crippen molar-refractivity contribution in [2.75, 3.05) is 0 Å². The lowest BCUT2D eigenvalue weighted by atomic mass is 9.98. The van der Waals surface area contributed by atoms with Crippen LogP contribution in [0.5, 0.6) is 0 Å². The molecule has 3 unspecified atom stereocenters. The topological polar surface area (TPSA) is 77.8 Å². The third kappa shape index (κ3) is 4.85. The molecule has 3 N–H and O–H groups in total. The first-order chi connectivity index (χ1) is 5.99. The van der Waals surface area contributed by atoms with E-state index in [0.29, 0.717) is 12.3 Å². The van der Waals surface area contributed by atoms with Crippen molar-refractivity contribution >= 4 is 5.97 Å². The number of carboxylic acid groups (broad SMARTS) is 1. The molecule has 3 atom stereocenters. The number of aliphatic hydroxyl groups is 2. The van der Waals surface area contributed by atoms with Crippen LogP contribution in [-0.4, -0.2) is 33.5 Å². The largest absolute Gasteiger partial charge is 0.479 e. The second-order valence-corrected chi connectivity index (χ2v) is 3.44. The number of carboxylic acids is 1. The summed E-state index contributed by atoms with van der Waals surface area (Å²) in [6.45, 7) is 4.06. The molecule has 0 saturated heterocycles. The van der Waals surface area contributed by atoms with E-state index >= 15 is 0 Å². The van der Waals surface area contributed by atoms with Crippen molar-refractivity contribution in [3.05, 3.63) is 0 Å². The van der Waals surface area contributed by atoms with Gasteiger partial charge in [-0.25, -0.2) is 4.79 Å². The Kier molecular flexibility index (Phi) is 5.66. The molecule has 0 bridgehead atoms. The molecule has 0 fully saturated rings. The summed E-state index contributed by atoms with van der Waals surface area (Å²) in [5, 5.41) is 26.5. The summed E-state index contributed by atoms with van der Waals surface area (Å²) in [5.41, 5.74) is 0. The van der Waals surface area contributed by atoms with Crippen molar-refractivity contribution in [1.29, 1.82) is 0 Å². The molecule has 78 valence electrons. The highest BCUT2D eigenvalue weighted by atomic mass is 16.4. The Hall–Kier alpha value is -0.610. The molecule has 0 saturated carbocycles. The Morgan fingerprint density at radius 2 is 1.85 bits per heavy atom. The first kappa shape index (κ1) is 12.4. The molecule has 0 aromatic heterocycles. The molecule has 0 heterocycles. The van der Waals surface area contributed by atoms with Gasteiger partial charge in [-0.3, -0.25) is 0 Å². The number of aliphatic hydroxyl groups excluding tert-OH is 2. The zero-order valence-corrected chi connectivity index (χ0v) is 8.10. The Bertz CT molecular complexity index is 158. The van der Waals surface area contributed by atoms with Gasteiger partial charge in [0.05, 0.1) is 6.10 Å². The zero-order chi connectivity index (χ0) is 10.4. The quantitative estimate of drug-likeness (QED) is 0.573. The maximum atomic E-state index is 10.2. The lowest BCUT2D eigenvalue weighted by molar-refractivity contribution is -0.153. The van der Waals surface area contributed by atoms with E-state index in [1.807, 2.05) is 13.8 Å². The molecular formula is C9H18O4. The Balaban J connectivity index is 3.73. The van der Waals surface area contributed by atoms with Crippen LogP contribution >= 0.6 is 0 Å². The van der Waals surface area contributed by atoms with Crippen molar-refractivity contribution in [3.63, 3.8) is 0 Å². The fraction of sp³-hybridized carbons (Fsp3) is 0.889. The van der Waals surface area contributed by atoms with Gasteiger partial charge in [0.1, 0.15) is 0 Å². The highest BCUT2D eigenvalue weighted by Crippen LogP contribution is 2.12. The fourth-order valence-electron chi connectivity index (χ4n) is 0.982. The van der Waals surface area contributed by atoms with Crippen LogP contribution in [0.4, 0.5) is 0 Å². The molecule has 0 radical (unpaired) electrons. The number of rotatable bonds is 6. The number of aliphatic carboxylic acids is 1. The highest BCUT2D eigenvalue weighted by Gasteiger charge is 2.23. The number of hydrogen-bond acceptors (Lipinski definition) is 3. The summed E-state index contributed by atoms with van der Waals surface area (Å²) in [6.07, 6.45) is -0.726. The average molecular weight is 190 g/mol. The van der Waals surface area contributed by atoms with E-state index in [1.54, 1.807) is 0 Å². The third-order valence-electron chi connectivity index (χ3n) is 2.27. The van der Waals surface area contributed by atoms with Gasteiger partial charge < -0.3 is 15.3 Å². The van der Waals surface area contributed by atoms with Crippen molar-refractivity contribution < 1.29 is 20.1 Å². The SMILES string of the molecule is CCC(C)CCC(O)C(O)C(=O)O. The molecule has 0 aliphatic heterocycles. The van der Waals surface area contributed by atoms with Crippen LogP contribution in [0.2, 0.25) is 0 Å². The van der Waals surface area contributed by atoms with E-state index in [4.69, 9.17) is 10.2 Å². The predicted molar refractivity (Wildman–Crippen MR) is 48.3 cm³/mol. The van der Waals surface area contributed by atoms with Crippen molar-refractivity contribution in [2.45, 2.75) is 45.3 Å². The van der Waals surface area contributed by atoms with Crippen LogP contribution in [0.25, 0.3) is 0 Å². The number of carbonyl (C=O) groups is 1. The molecular weight excluding hydrogens is 172 g/mol. The minimum absolute atomic E-state index is 0.336. The Morgan fingerprint density at radius 3 is 2.23 bits per heavy atom. The highest BCUT2D eigenvalue weighted by molar-refractivity contribution is 5.72. The Labute approximate surface area is 78.2 Å². The maximum absolute atomic E-state index is 10.2. The van der Waals surface area contributed by atoms with E-state index in [0.717, 1.165) is 12.8 Å². The molecule has 4 nitrogen and oxygen atoms in total. The molecule has 4 heteroatoms. The van der Waals surface area contributed by atoms with E-state index in [-0.39, 0.29) is 0 Å². The van der Waals surface area contributed by atoms with Crippen LogP contribution in [-0.2, 0) is 4.79 Å². The first-order valence-corrected chi connectivity index (χ1v) is 4.58. The monoisotopic (exact) mass is 190 g/mol. The fourth-order valence-corrected chi connectivity index (χ4v) is 0.982. The summed E-state index contributed by atoms with van der Waals surface area (Å²) in [4.78, 5) is 10.2. The minimum atomic E-state index is -1.65. The van der Waals surface area contributed by atoms with Gasteiger partial charge >= 0.3 is 5.97 Å². The normalized spacial score (nSPS) is 17.8. The molecule has 0 rings (SSSR count). The van der Waals surface area contributed by atoms with Crippen LogP contribution in [0.15, 0.2) is 0 Å². The molecule has 0 amide bonds. The van der Waals surface area contributed by atoms with Gasteiger partial charge in [-0.2, -0.15) is 0 Å². The van der Waals surface area contributed by atoms with Crippen molar-refractivity contribution in [3.8, 4) is 0 Å². The summed E-state index contributed by atoms with van der Waals surface area (Å²) >= 11 is 0. The van der Waals surface area contributed by atoms with Crippen LogP contribution in [0.3, 0.4) is 0 Å². The molecule has 0 aromatic carbocycles. The van der Waals surface area contributed by atoms with Gasteiger partial charge in [-0.05, 0) is 18.8 Å². The van der Waals surface area contributed by atoms with E-state index in [1.165, 1.54) is 0 Å². The molecule has 0 aliphatic rings. The molecule has 13 heavy (non-hydrogen) atoms. The molecule has 0 aliphatic carbocycles. The van der Waals surface area contributed by atoms with Gasteiger partial charge in [0.15, 0.2) is 6.10 Å². The van der Waals surface area contributed by atoms with Gasteiger partial charge in [-0.15, -0.1) is 0 Å². The lowest BCUT2D eigenvalue weighted by Gasteiger charge is -2.15. The predicted octanol–water partition coefficient (Wildman–Crippen LogP) is 0.619. The average Bonchev–Trinajstić information content (AvgIpc) is 2.11. The minimum Gasteiger partial charge on any atom is -0.479 e. The van der Waals surface area contributed by atoms with Gasteiger partial charge in [-0.1, -0.05) is 20.3 Å². The summed E-state index contributed by atoms with van der Waals surface area (Å²) in [7, 11) is 0. The van der Waals surface area contributed by atoms with Crippen molar-refractivity contribution in [1.82, 2.24) is 0 Å².